The van der Waals surface area contributed by atoms with Gasteiger partial charge in [0.15, 0.2) is 11.5 Å². The largest absolute Gasteiger partial charge is 0.493 e. The van der Waals surface area contributed by atoms with Crippen molar-refractivity contribution in [3.8, 4) is 17.2 Å². The summed E-state index contributed by atoms with van der Waals surface area (Å²) in [5, 5.41) is 2.73. The molecule has 3 aromatic rings. The van der Waals surface area contributed by atoms with Crippen LogP contribution < -0.4 is 25.1 Å². The molecule has 2 atom stereocenters. The van der Waals surface area contributed by atoms with Crippen LogP contribution in [-0.2, 0) is 21.4 Å². The Bertz CT molecular complexity index is 1500. The number of sulfonamides is 1. The number of rotatable bonds is 8. The summed E-state index contributed by atoms with van der Waals surface area (Å²) in [7, 11) is 0.466. The van der Waals surface area contributed by atoms with Crippen molar-refractivity contribution < 1.29 is 27.4 Å². The number of anilines is 1. The van der Waals surface area contributed by atoms with Crippen LogP contribution in [0.4, 0.5) is 5.69 Å². The highest BCUT2D eigenvalue weighted by Crippen LogP contribution is 2.40. The third-order valence-corrected chi connectivity index (χ3v) is 9.64. The molecule has 0 radical (unpaired) electrons. The monoisotopic (exact) mass is 564 g/mol. The summed E-state index contributed by atoms with van der Waals surface area (Å²) in [6.45, 7) is 6.15. The second-order valence-electron chi connectivity index (χ2n) is 9.58. The van der Waals surface area contributed by atoms with Crippen LogP contribution in [-0.4, -0.2) is 62.6 Å². The van der Waals surface area contributed by atoms with Crippen LogP contribution in [0.1, 0.15) is 25.1 Å². The average molecular weight is 565 g/mol. The number of carbonyl (C=O) groups is 1. The molecule has 0 unspecified atom stereocenters. The second kappa shape index (κ2) is 10.9. The van der Waals surface area contributed by atoms with Crippen LogP contribution in [0.2, 0.25) is 0 Å². The van der Waals surface area contributed by atoms with E-state index in [0.717, 1.165) is 22.3 Å². The average Bonchev–Trinajstić information content (AvgIpc) is 3.21. The number of hydrogen-bond donors (Lipinski definition) is 1. The molecule has 3 heterocycles. The van der Waals surface area contributed by atoms with Crippen LogP contribution in [0.5, 0.6) is 17.2 Å². The maximum absolute atomic E-state index is 13.7. The number of methoxy groups -OCH3 is 3. The van der Waals surface area contributed by atoms with Crippen LogP contribution in [0.25, 0.3) is 10.2 Å². The van der Waals surface area contributed by atoms with Gasteiger partial charge in [0, 0.05) is 35.8 Å². The predicted molar refractivity (Wildman–Crippen MR) is 145 cm³/mol. The summed E-state index contributed by atoms with van der Waals surface area (Å²) < 4.78 is 45.9. The molecule has 0 saturated carbocycles. The Kier molecular flexibility index (Phi) is 8.00. The Balaban J connectivity index is 1.67. The summed E-state index contributed by atoms with van der Waals surface area (Å²) in [5.74, 6) is 0.995. The minimum absolute atomic E-state index is 0.0152. The lowest BCUT2D eigenvalue weighted by atomic mass is 9.94. The first-order chi connectivity index (χ1) is 18.0. The maximum atomic E-state index is 13.7. The van der Waals surface area contributed by atoms with Crippen molar-refractivity contribution in [3.63, 3.8) is 0 Å². The molecule has 1 fully saturated rings. The number of nitrogens with one attached hydrogen (secondary N) is 1. The van der Waals surface area contributed by atoms with Crippen molar-refractivity contribution in [2.24, 2.45) is 11.8 Å². The molecule has 1 amide bonds. The number of aryl methyl sites for hydroxylation is 1. The van der Waals surface area contributed by atoms with Gasteiger partial charge in [-0.05, 0) is 25.2 Å². The quantitative estimate of drug-likeness (QED) is 0.442. The molecule has 2 aromatic heterocycles. The topological polar surface area (TPSA) is 129 Å². The number of benzene rings is 1. The number of ether oxygens (including phenoxy) is 3. The molecule has 13 heteroatoms. The van der Waals surface area contributed by atoms with Crippen molar-refractivity contribution in [1.82, 2.24) is 13.9 Å². The number of carbonyl (C=O) groups excluding carboxylic acids is 1. The van der Waals surface area contributed by atoms with Crippen molar-refractivity contribution >= 4 is 43.2 Å². The van der Waals surface area contributed by atoms with E-state index in [1.807, 2.05) is 13.8 Å². The predicted octanol–water partition coefficient (Wildman–Crippen LogP) is 3.10. The van der Waals surface area contributed by atoms with E-state index in [4.69, 9.17) is 14.2 Å². The molecule has 11 nitrogen and oxygen atoms in total. The van der Waals surface area contributed by atoms with Gasteiger partial charge in [-0.25, -0.2) is 13.4 Å². The highest BCUT2D eigenvalue weighted by atomic mass is 32.2. The fourth-order valence-corrected chi connectivity index (χ4v) is 8.32. The van der Waals surface area contributed by atoms with Gasteiger partial charge in [0.1, 0.15) is 16.3 Å². The first kappa shape index (κ1) is 27.9. The summed E-state index contributed by atoms with van der Waals surface area (Å²) in [4.78, 5) is 31.5. The standard InChI is InChI=1S/C25H32N4O7S2/c1-14-7-15(2)11-29(10-14)38(32,33)23-16(3)37-24-21(23)25(31)28(13-26-24)12-20(30)27-17-8-18(34-4)22(36-6)19(9-17)35-5/h8-9,13-15H,7,10-12H2,1-6H3,(H,27,30)/t14-,15+. The minimum atomic E-state index is -3.93. The highest BCUT2D eigenvalue weighted by molar-refractivity contribution is 7.89. The van der Waals surface area contributed by atoms with Crippen LogP contribution in [0, 0.1) is 18.8 Å². The molecule has 1 aliphatic heterocycles. The molecule has 1 saturated heterocycles. The molecule has 1 aliphatic rings. The minimum Gasteiger partial charge on any atom is -0.493 e. The van der Waals surface area contributed by atoms with Crippen LogP contribution in [0.3, 0.4) is 0 Å². The van der Waals surface area contributed by atoms with E-state index in [1.165, 1.54) is 32.0 Å². The fraction of sp³-hybridized carbons (Fsp3) is 0.480. The number of amides is 1. The third kappa shape index (κ3) is 5.22. The van der Waals surface area contributed by atoms with Crippen molar-refractivity contribution in [1.29, 1.82) is 0 Å². The molecule has 4 rings (SSSR count). The van der Waals surface area contributed by atoms with Gasteiger partial charge < -0.3 is 19.5 Å². The van der Waals surface area contributed by atoms with Crippen molar-refractivity contribution in [2.45, 2.75) is 38.6 Å². The summed E-state index contributed by atoms with van der Waals surface area (Å²) in [5.41, 5.74) is -0.217. The Hall–Kier alpha value is -3.16. The van der Waals surface area contributed by atoms with E-state index >= 15 is 0 Å². The number of piperidine rings is 1. The van der Waals surface area contributed by atoms with Gasteiger partial charge in [-0.3, -0.25) is 14.2 Å². The lowest BCUT2D eigenvalue weighted by Crippen LogP contribution is -2.42. The Morgan fingerprint density at radius 1 is 1.11 bits per heavy atom. The second-order valence-corrected chi connectivity index (χ2v) is 12.7. The first-order valence-corrected chi connectivity index (χ1v) is 14.3. The van der Waals surface area contributed by atoms with Crippen LogP contribution in [0.15, 0.2) is 28.2 Å². The number of hydrogen-bond acceptors (Lipinski definition) is 9. The molecule has 1 aromatic carbocycles. The van der Waals surface area contributed by atoms with Gasteiger partial charge in [-0.2, -0.15) is 4.31 Å². The lowest BCUT2D eigenvalue weighted by molar-refractivity contribution is -0.116. The molecule has 38 heavy (non-hydrogen) atoms. The fourth-order valence-electron chi connectivity index (χ4n) is 4.98. The number of thiophene rings is 1. The molecule has 0 bridgehead atoms. The summed E-state index contributed by atoms with van der Waals surface area (Å²) in [6, 6.07) is 3.13. The summed E-state index contributed by atoms with van der Waals surface area (Å²) in [6.07, 6.45) is 2.21. The zero-order valence-electron chi connectivity index (χ0n) is 22.2. The third-order valence-electron chi connectivity index (χ3n) is 6.50. The Labute approximate surface area is 225 Å². The maximum Gasteiger partial charge on any atom is 0.263 e. The highest BCUT2D eigenvalue weighted by Gasteiger charge is 2.36. The molecular formula is C25H32N4O7S2. The SMILES string of the molecule is COc1cc(NC(=O)Cn2cnc3sc(C)c(S(=O)(=O)N4C[C@H](C)C[C@H](C)C4)c3c2=O)cc(OC)c1OC. The zero-order chi connectivity index (χ0) is 27.8. The van der Waals surface area contributed by atoms with Crippen molar-refractivity contribution in [2.75, 3.05) is 39.7 Å². The Morgan fingerprint density at radius 3 is 2.26 bits per heavy atom. The lowest BCUT2D eigenvalue weighted by Gasteiger charge is -2.34. The van der Waals surface area contributed by atoms with E-state index < -0.39 is 21.5 Å². The van der Waals surface area contributed by atoms with Crippen molar-refractivity contribution in [3.05, 3.63) is 33.7 Å². The van der Waals surface area contributed by atoms with Crippen LogP contribution >= 0.6 is 11.3 Å². The normalized spacial score (nSPS) is 18.4. The zero-order valence-corrected chi connectivity index (χ0v) is 23.9. The number of nitrogens with zero attached hydrogens (tertiary/aromatic N) is 3. The van der Waals surface area contributed by atoms with E-state index in [2.05, 4.69) is 10.3 Å². The molecule has 1 N–H and O–H groups in total. The first-order valence-electron chi connectivity index (χ1n) is 12.1. The smallest absolute Gasteiger partial charge is 0.263 e. The van der Waals surface area contributed by atoms with Gasteiger partial charge in [0.05, 0.1) is 33.0 Å². The molecule has 0 aliphatic carbocycles. The van der Waals surface area contributed by atoms with E-state index in [1.54, 1.807) is 19.1 Å². The molecule has 0 spiro atoms. The number of fused-ring (bicyclic) bond motifs is 1. The van der Waals surface area contributed by atoms with Gasteiger partial charge in [0.25, 0.3) is 5.56 Å². The number of aromatic nitrogens is 2. The summed E-state index contributed by atoms with van der Waals surface area (Å²) >= 11 is 1.16. The van der Waals surface area contributed by atoms with Gasteiger partial charge in [-0.1, -0.05) is 13.8 Å². The van der Waals surface area contributed by atoms with Gasteiger partial charge in [-0.15, -0.1) is 11.3 Å². The van der Waals surface area contributed by atoms with E-state index in [0.29, 0.717) is 45.7 Å². The van der Waals surface area contributed by atoms with Gasteiger partial charge in [0.2, 0.25) is 21.7 Å². The molecular weight excluding hydrogens is 532 g/mol. The Morgan fingerprint density at radius 2 is 1.71 bits per heavy atom. The van der Waals surface area contributed by atoms with E-state index in [-0.39, 0.29) is 28.7 Å². The van der Waals surface area contributed by atoms with E-state index in [9.17, 15) is 18.0 Å². The van der Waals surface area contributed by atoms with Gasteiger partial charge >= 0.3 is 0 Å². The molecule has 206 valence electrons.